The van der Waals surface area contributed by atoms with Crippen LogP contribution >= 0.6 is 0 Å². The second-order valence-corrected chi connectivity index (χ2v) is 4.05. The molecule has 0 bridgehead atoms. The number of hydrogen-bond acceptors (Lipinski definition) is 2. The van der Waals surface area contributed by atoms with Crippen molar-refractivity contribution < 1.29 is 0 Å². The average molecular weight is 182 g/mol. The molecule has 13 heavy (non-hydrogen) atoms. The topological polar surface area (TPSA) is 29.3 Å². The van der Waals surface area contributed by atoms with E-state index < -0.39 is 0 Å². The summed E-state index contributed by atoms with van der Waals surface area (Å²) in [6, 6.07) is 0.735. The highest BCUT2D eigenvalue weighted by Crippen LogP contribution is 2.20. The van der Waals surface area contributed by atoms with Gasteiger partial charge in [0.05, 0.1) is 0 Å². The summed E-state index contributed by atoms with van der Waals surface area (Å²) in [6.07, 6.45) is 6.97. The van der Waals surface area contributed by atoms with Gasteiger partial charge < -0.3 is 5.73 Å². The zero-order chi connectivity index (χ0) is 9.68. The fourth-order valence-electron chi connectivity index (χ4n) is 1.95. The van der Waals surface area contributed by atoms with Crippen molar-refractivity contribution in [2.45, 2.75) is 32.7 Å². The van der Waals surface area contributed by atoms with Crippen molar-refractivity contribution in [2.24, 2.45) is 11.7 Å². The van der Waals surface area contributed by atoms with Crippen LogP contribution in [0, 0.1) is 5.92 Å². The molecule has 0 aliphatic carbocycles. The molecule has 0 spiro atoms. The van der Waals surface area contributed by atoms with E-state index in [1.807, 2.05) is 0 Å². The van der Waals surface area contributed by atoms with E-state index in [9.17, 15) is 0 Å². The lowest BCUT2D eigenvalue weighted by Gasteiger charge is -2.36. The molecule has 0 aromatic rings. The standard InChI is InChI=1S/C11H22N2/c1-3-4-7-13-9-11(8-12)6-5-10(13)2/h3-4,10-11H,5-9,12H2,1-2H3/b4-3+. The molecule has 1 heterocycles. The van der Waals surface area contributed by atoms with E-state index in [0.717, 1.165) is 25.0 Å². The van der Waals surface area contributed by atoms with Gasteiger partial charge >= 0.3 is 0 Å². The first-order valence-electron chi connectivity index (χ1n) is 5.33. The maximum atomic E-state index is 5.69. The first-order valence-corrected chi connectivity index (χ1v) is 5.33. The van der Waals surface area contributed by atoms with Gasteiger partial charge in [0, 0.05) is 19.1 Å². The van der Waals surface area contributed by atoms with Crippen molar-refractivity contribution in [2.75, 3.05) is 19.6 Å². The molecule has 2 N–H and O–H groups in total. The van der Waals surface area contributed by atoms with Crippen LogP contribution in [0.2, 0.25) is 0 Å². The van der Waals surface area contributed by atoms with Gasteiger partial charge in [-0.1, -0.05) is 12.2 Å². The monoisotopic (exact) mass is 182 g/mol. The Hall–Kier alpha value is -0.340. The van der Waals surface area contributed by atoms with E-state index in [0.29, 0.717) is 0 Å². The van der Waals surface area contributed by atoms with Gasteiger partial charge in [0.1, 0.15) is 0 Å². The van der Waals surface area contributed by atoms with E-state index in [2.05, 4.69) is 30.9 Å². The van der Waals surface area contributed by atoms with Gasteiger partial charge in [-0.2, -0.15) is 0 Å². The molecule has 76 valence electrons. The molecule has 0 amide bonds. The molecular formula is C11H22N2. The Morgan fingerprint density at radius 3 is 2.85 bits per heavy atom. The summed E-state index contributed by atoms with van der Waals surface area (Å²) in [7, 11) is 0. The summed E-state index contributed by atoms with van der Waals surface area (Å²) >= 11 is 0. The second kappa shape index (κ2) is 5.40. The Kier molecular flexibility index (Phi) is 4.46. The number of allylic oxidation sites excluding steroid dienone is 1. The number of hydrogen-bond donors (Lipinski definition) is 1. The summed E-state index contributed by atoms with van der Waals surface area (Å²) < 4.78 is 0. The molecule has 0 aromatic heterocycles. The molecule has 1 fully saturated rings. The van der Waals surface area contributed by atoms with Gasteiger partial charge in [-0.3, -0.25) is 4.90 Å². The van der Waals surface area contributed by atoms with Crippen LogP contribution in [0.3, 0.4) is 0 Å². The van der Waals surface area contributed by atoms with Crippen LogP contribution in [-0.2, 0) is 0 Å². The lowest BCUT2D eigenvalue weighted by molar-refractivity contribution is 0.135. The smallest absolute Gasteiger partial charge is 0.0166 e. The third-order valence-electron chi connectivity index (χ3n) is 3.02. The number of rotatable bonds is 3. The highest BCUT2D eigenvalue weighted by atomic mass is 15.2. The molecular weight excluding hydrogens is 160 g/mol. The van der Waals surface area contributed by atoms with Crippen LogP contribution in [0.5, 0.6) is 0 Å². The van der Waals surface area contributed by atoms with Crippen molar-refractivity contribution in [3.8, 4) is 0 Å². The minimum atomic E-state index is 0.724. The van der Waals surface area contributed by atoms with Gasteiger partial charge in [-0.25, -0.2) is 0 Å². The fraction of sp³-hybridized carbons (Fsp3) is 0.818. The van der Waals surface area contributed by atoms with Crippen molar-refractivity contribution in [3.05, 3.63) is 12.2 Å². The molecule has 2 atom stereocenters. The van der Waals surface area contributed by atoms with Crippen LogP contribution in [0.25, 0.3) is 0 Å². The molecule has 1 rings (SSSR count). The first kappa shape index (κ1) is 10.7. The summed E-state index contributed by atoms with van der Waals surface area (Å²) in [5.74, 6) is 0.724. The lowest BCUT2D eigenvalue weighted by atomic mass is 9.93. The number of piperidine rings is 1. The number of nitrogens with two attached hydrogens (primary N) is 1. The molecule has 1 saturated heterocycles. The van der Waals surface area contributed by atoms with Crippen molar-refractivity contribution in [1.29, 1.82) is 0 Å². The van der Waals surface area contributed by atoms with Crippen LogP contribution in [0.1, 0.15) is 26.7 Å². The molecule has 1 aliphatic rings. The van der Waals surface area contributed by atoms with Crippen LogP contribution in [-0.4, -0.2) is 30.6 Å². The largest absolute Gasteiger partial charge is 0.330 e. The summed E-state index contributed by atoms with van der Waals surface area (Å²) in [5.41, 5.74) is 5.69. The summed E-state index contributed by atoms with van der Waals surface area (Å²) in [4.78, 5) is 2.53. The predicted octanol–water partition coefficient (Wildman–Crippen LogP) is 1.62. The molecule has 0 aromatic carbocycles. The molecule has 2 heteroatoms. The maximum absolute atomic E-state index is 5.69. The molecule has 2 unspecified atom stereocenters. The number of nitrogens with zero attached hydrogens (tertiary/aromatic N) is 1. The minimum absolute atomic E-state index is 0.724. The molecule has 2 nitrogen and oxygen atoms in total. The Balaban J connectivity index is 2.40. The van der Waals surface area contributed by atoms with E-state index >= 15 is 0 Å². The zero-order valence-electron chi connectivity index (χ0n) is 8.87. The second-order valence-electron chi connectivity index (χ2n) is 4.05. The highest BCUT2D eigenvalue weighted by Gasteiger charge is 2.23. The Morgan fingerprint density at radius 1 is 1.46 bits per heavy atom. The van der Waals surface area contributed by atoms with Crippen molar-refractivity contribution in [3.63, 3.8) is 0 Å². The third kappa shape index (κ3) is 3.12. The van der Waals surface area contributed by atoms with E-state index in [1.54, 1.807) is 0 Å². The number of likely N-dealkylation sites (tertiary alicyclic amines) is 1. The lowest BCUT2D eigenvalue weighted by Crippen LogP contribution is -2.43. The van der Waals surface area contributed by atoms with Gasteiger partial charge in [0.15, 0.2) is 0 Å². The SMILES string of the molecule is C/C=C/CN1CC(CN)CCC1C. The van der Waals surface area contributed by atoms with Gasteiger partial charge in [0.25, 0.3) is 0 Å². The Morgan fingerprint density at radius 2 is 2.23 bits per heavy atom. The first-order chi connectivity index (χ1) is 6.27. The van der Waals surface area contributed by atoms with Crippen LogP contribution < -0.4 is 5.73 Å². The van der Waals surface area contributed by atoms with Crippen LogP contribution in [0.4, 0.5) is 0 Å². The van der Waals surface area contributed by atoms with Gasteiger partial charge in [-0.15, -0.1) is 0 Å². The molecule has 0 saturated carbocycles. The average Bonchev–Trinajstić information content (AvgIpc) is 2.17. The van der Waals surface area contributed by atoms with Gasteiger partial charge in [-0.05, 0) is 39.2 Å². The maximum Gasteiger partial charge on any atom is 0.0166 e. The molecule has 0 radical (unpaired) electrons. The minimum Gasteiger partial charge on any atom is -0.330 e. The summed E-state index contributed by atoms with van der Waals surface area (Å²) in [6.45, 7) is 7.51. The zero-order valence-corrected chi connectivity index (χ0v) is 8.87. The highest BCUT2D eigenvalue weighted by molar-refractivity contribution is 4.87. The normalized spacial score (nSPS) is 31.3. The van der Waals surface area contributed by atoms with Crippen molar-refractivity contribution >= 4 is 0 Å². The molecule has 1 aliphatic heterocycles. The predicted molar refractivity (Wildman–Crippen MR) is 57.6 cm³/mol. The summed E-state index contributed by atoms with van der Waals surface area (Å²) in [5, 5.41) is 0. The van der Waals surface area contributed by atoms with E-state index in [4.69, 9.17) is 5.73 Å². The van der Waals surface area contributed by atoms with Crippen molar-refractivity contribution in [1.82, 2.24) is 4.90 Å². The van der Waals surface area contributed by atoms with Crippen LogP contribution in [0.15, 0.2) is 12.2 Å². The quantitative estimate of drug-likeness (QED) is 0.672. The third-order valence-corrected chi connectivity index (χ3v) is 3.02. The Bertz CT molecular complexity index is 165. The van der Waals surface area contributed by atoms with Gasteiger partial charge in [0.2, 0.25) is 0 Å². The Labute approximate surface area is 81.8 Å². The van der Waals surface area contributed by atoms with E-state index in [1.165, 1.54) is 19.4 Å². The van der Waals surface area contributed by atoms with E-state index in [-0.39, 0.29) is 0 Å². The fourth-order valence-corrected chi connectivity index (χ4v) is 1.95.